The van der Waals surface area contributed by atoms with Gasteiger partial charge in [0.05, 0.1) is 4.90 Å². The van der Waals surface area contributed by atoms with E-state index < -0.39 is 10.0 Å². The Morgan fingerprint density at radius 2 is 1.95 bits per heavy atom. The Kier molecular flexibility index (Phi) is 5.66. The average molecular weight is 331 g/mol. The normalized spacial score (nSPS) is 20.3. The Balaban J connectivity index is 2.22. The van der Waals surface area contributed by atoms with Crippen LogP contribution in [0.3, 0.4) is 0 Å². The number of alkyl halides is 1. The van der Waals surface area contributed by atoms with Gasteiger partial charge in [0.25, 0.3) is 0 Å². The van der Waals surface area contributed by atoms with Crippen molar-refractivity contribution in [1.82, 2.24) is 9.21 Å². The average Bonchev–Trinajstić information content (AvgIpc) is 2.99. The summed E-state index contributed by atoms with van der Waals surface area (Å²) in [5, 5.41) is 0. The van der Waals surface area contributed by atoms with E-state index in [2.05, 4.69) is 18.7 Å². The molecule has 21 heavy (non-hydrogen) atoms. The van der Waals surface area contributed by atoms with Crippen molar-refractivity contribution in [3.63, 3.8) is 0 Å². The van der Waals surface area contributed by atoms with Crippen molar-refractivity contribution in [2.45, 2.75) is 37.1 Å². The third kappa shape index (κ3) is 3.42. The first-order chi connectivity index (χ1) is 10.0. The van der Waals surface area contributed by atoms with Crippen LogP contribution in [0.15, 0.2) is 29.2 Å². The second kappa shape index (κ2) is 7.09. The molecule has 1 aliphatic rings. The standard InChI is InChI=1S/C15H23ClN2O2S/c1-3-17(4-2)14-9-10-18(12-14)21(19,20)15-8-6-5-7-13(15)11-16/h5-8,14H,3-4,9-12H2,1-2H3. The van der Waals surface area contributed by atoms with Gasteiger partial charge in [-0.15, -0.1) is 11.6 Å². The van der Waals surface area contributed by atoms with Gasteiger partial charge in [-0.2, -0.15) is 4.31 Å². The minimum atomic E-state index is -3.44. The molecule has 6 heteroatoms. The number of rotatable bonds is 6. The van der Waals surface area contributed by atoms with Gasteiger partial charge in [-0.25, -0.2) is 8.42 Å². The molecule has 1 atom stereocenters. The summed E-state index contributed by atoms with van der Waals surface area (Å²) in [6.07, 6.45) is 0.893. The molecule has 0 spiro atoms. The van der Waals surface area contributed by atoms with E-state index in [4.69, 9.17) is 11.6 Å². The lowest BCUT2D eigenvalue weighted by Crippen LogP contribution is -2.38. The monoisotopic (exact) mass is 330 g/mol. The van der Waals surface area contributed by atoms with Crippen molar-refractivity contribution in [1.29, 1.82) is 0 Å². The van der Waals surface area contributed by atoms with Crippen molar-refractivity contribution in [2.75, 3.05) is 26.2 Å². The van der Waals surface area contributed by atoms with Crippen LogP contribution >= 0.6 is 11.6 Å². The van der Waals surface area contributed by atoms with Gasteiger partial charge in [0, 0.05) is 25.0 Å². The highest BCUT2D eigenvalue weighted by atomic mass is 35.5. The Hall–Kier alpha value is -0.620. The summed E-state index contributed by atoms with van der Waals surface area (Å²) in [5.74, 6) is 0.211. The SMILES string of the molecule is CCN(CC)C1CCN(S(=O)(=O)c2ccccc2CCl)C1. The molecular weight excluding hydrogens is 308 g/mol. The predicted molar refractivity (Wildman–Crippen MR) is 86.1 cm³/mol. The number of benzene rings is 1. The van der Waals surface area contributed by atoms with Gasteiger partial charge in [0.2, 0.25) is 10.0 Å². The van der Waals surface area contributed by atoms with Gasteiger partial charge in [-0.05, 0) is 31.1 Å². The highest BCUT2D eigenvalue weighted by Crippen LogP contribution is 2.26. The van der Waals surface area contributed by atoms with E-state index in [9.17, 15) is 8.42 Å². The summed E-state index contributed by atoms with van der Waals surface area (Å²) in [5.41, 5.74) is 0.672. The lowest BCUT2D eigenvalue weighted by atomic mass is 10.2. The summed E-state index contributed by atoms with van der Waals surface area (Å²) in [6.45, 7) is 7.29. The Bertz CT molecular complexity index is 573. The Labute approximate surface area is 132 Å². The molecule has 0 bridgehead atoms. The number of nitrogens with zero attached hydrogens (tertiary/aromatic N) is 2. The largest absolute Gasteiger partial charge is 0.300 e. The minimum absolute atomic E-state index is 0.211. The first-order valence-corrected chi connectivity index (χ1v) is 9.40. The number of likely N-dealkylation sites (N-methyl/N-ethyl adjacent to an activating group) is 1. The minimum Gasteiger partial charge on any atom is -0.300 e. The third-order valence-electron chi connectivity index (χ3n) is 4.19. The fourth-order valence-electron chi connectivity index (χ4n) is 2.97. The highest BCUT2D eigenvalue weighted by Gasteiger charge is 2.35. The van der Waals surface area contributed by atoms with E-state index in [0.717, 1.165) is 19.5 Å². The van der Waals surface area contributed by atoms with Crippen LogP contribution in [0.5, 0.6) is 0 Å². The fraction of sp³-hybridized carbons (Fsp3) is 0.600. The Morgan fingerprint density at radius 1 is 1.29 bits per heavy atom. The molecule has 1 aromatic carbocycles. The van der Waals surface area contributed by atoms with Crippen LogP contribution in [0.4, 0.5) is 0 Å². The molecule has 4 nitrogen and oxygen atoms in total. The topological polar surface area (TPSA) is 40.6 Å². The van der Waals surface area contributed by atoms with Crippen LogP contribution in [0.1, 0.15) is 25.8 Å². The van der Waals surface area contributed by atoms with Crippen LogP contribution in [-0.4, -0.2) is 49.8 Å². The maximum atomic E-state index is 12.8. The molecule has 0 saturated carbocycles. The summed E-state index contributed by atoms with van der Waals surface area (Å²) >= 11 is 5.88. The third-order valence-corrected chi connectivity index (χ3v) is 6.44. The molecule has 0 aliphatic carbocycles. The molecule has 0 aromatic heterocycles. The van der Waals surface area contributed by atoms with Crippen LogP contribution in [-0.2, 0) is 15.9 Å². The van der Waals surface area contributed by atoms with Crippen LogP contribution in [0, 0.1) is 0 Å². The molecular formula is C15H23ClN2O2S. The molecule has 118 valence electrons. The van der Waals surface area contributed by atoms with Gasteiger partial charge in [-0.1, -0.05) is 32.0 Å². The molecule has 1 saturated heterocycles. The molecule has 2 rings (SSSR count). The Morgan fingerprint density at radius 3 is 2.57 bits per heavy atom. The van der Waals surface area contributed by atoms with Gasteiger partial charge in [0.1, 0.15) is 0 Å². The van der Waals surface area contributed by atoms with Gasteiger partial charge < -0.3 is 0 Å². The summed E-state index contributed by atoms with van der Waals surface area (Å²) in [4.78, 5) is 2.67. The van der Waals surface area contributed by atoms with Crippen molar-refractivity contribution in [3.05, 3.63) is 29.8 Å². The zero-order valence-electron chi connectivity index (χ0n) is 12.6. The van der Waals surface area contributed by atoms with E-state index in [-0.39, 0.29) is 5.88 Å². The van der Waals surface area contributed by atoms with Crippen molar-refractivity contribution in [3.8, 4) is 0 Å². The molecule has 0 radical (unpaired) electrons. The van der Waals surface area contributed by atoms with Crippen molar-refractivity contribution < 1.29 is 8.42 Å². The van der Waals surface area contributed by atoms with E-state index in [1.54, 1.807) is 22.5 Å². The summed E-state index contributed by atoms with van der Waals surface area (Å²) in [6, 6.07) is 7.31. The summed E-state index contributed by atoms with van der Waals surface area (Å²) < 4.78 is 27.2. The van der Waals surface area contributed by atoms with E-state index in [0.29, 0.717) is 29.6 Å². The lowest BCUT2D eigenvalue weighted by Gasteiger charge is -2.26. The quantitative estimate of drug-likeness (QED) is 0.753. The zero-order chi connectivity index (χ0) is 15.5. The molecule has 1 aliphatic heterocycles. The molecule has 1 aromatic rings. The second-order valence-corrected chi connectivity index (χ2v) is 7.44. The molecule has 0 N–H and O–H groups in total. The van der Waals surface area contributed by atoms with Gasteiger partial charge in [-0.3, -0.25) is 4.90 Å². The highest BCUT2D eigenvalue weighted by molar-refractivity contribution is 7.89. The zero-order valence-corrected chi connectivity index (χ0v) is 14.2. The number of halogens is 1. The first-order valence-electron chi connectivity index (χ1n) is 7.42. The van der Waals surface area contributed by atoms with Crippen LogP contribution < -0.4 is 0 Å². The molecule has 1 unspecified atom stereocenters. The smallest absolute Gasteiger partial charge is 0.243 e. The first kappa shape index (κ1) is 16.7. The van der Waals surface area contributed by atoms with Gasteiger partial charge >= 0.3 is 0 Å². The summed E-state index contributed by atoms with van der Waals surface area (Å²) in [7, 11) is -3.44. The molecule has 0 amide bonds. The molecule has 1 fully saturated rings. The van der Waals surface area contributed by atoms with Crippen LogP contribution in [0.2, 0.25) is 0 Å². The van der Waals surface area contributed by atoms with Gasteiger partial charge in [0.15, 0.2) is 0 Å². The fourth-order valence-corrected chi connectivity index (χ4v) is 5.00. The molecule has 1 heterocycles. The number of sulfonamides is 1. The number of hydrogen-bond donors (Lipinski definition) is 0. The predicted octanol–water partition coefficient (Wildman–Crippen LogP) is 2.53. The number of hydrogen-bond acceptors (Lipinski definition) is 3. The van der Waals surface area contributed by atoms with E-state index >= 15 is 0 Å². The van der Waals surface area contributed by atoms with Crippen LogP contribution in [0.25, 0.3) is 0 Å². The maximum Gasteiger partial charge on any atom is 0.243 e. The van der Waals surface area contributed by atoms with E-state index in [1.165, 1.54) is 0 Å². The second-order valence-electron chi connectivity index (χ2n) is 5.27. The lowest BCUT2D eigenvalue weighted by molar-refractivity contribution is 0.224. The maximum absolute atomic E-state index is 12.8. The van der Waals surface area contributed by atoms with Crippen molar-refractivity contribution >= 4 is 21.6 Å². The van der Waals surface area contributed by atoms with E-state index in [1.807, 2.05) is 6.07 Å². The van der Waals surface area contributed by atoms with Crippen molar-refractivity contribution in [2.24, 2.45) is 0 Å².